The number of halogens is 1. The van der Waals surface area contributed by atoms with Crippen LogP contribution < -0.4 is 11.1 Å². The zero-order valence-electron chi connectivity index (χ0n) is 31.2. The minimum absolute atomic E-state index is 0.0207. The second kappa shape index (κ2) is 17.0. The fourth-order valence-electron chi connectivity index (χ4n) is 7.76. The summed E-state index contributed by atoms with van der Waals surface area (Å²) < 4.78 is 8.34. The third-order valence-electron chi connectivity index (χ3n) is 10.7. The first-order chi connectivity index (χ1) is 26.2. The highest BCUT2D eigenvalue weighted by Gasteiger charge is 2.36. The average Bonchev–Trinajstić information content (AvgIpc) is 3.58. The van der Waals surface area contributed by atoms with Crippen LogP contribution in [0.25, 0.3) is 11.3 Å². The second-order valence-corrected chi connectivity index (χ2v) is 14.9. The molecule has 2 fully saturated rings. The summed E-state index contributed by atoms with van der Waals surface area (Å²) in [7, 11) is 0. The molecule has 282 valence electrons. The topological polar surface area (TPSA) is 140 Å². The monoisotopic (exact) mass is 748 g/mol. The molecule has 4 aromatic heterocycles. The quantitative estimate of drug-likeness (QED) is 0.123. The molecule has 0 bridgehead atoms. The molecule has 2 aliphatic rings. The number of carbonyl (C=O) groups excluding carboxylic acids is 1. The predicted octanol–water partition coefficient (Wildman–Crippen LogP) is 6.88. The van der Waals surface area contributed by atoms with E-state index in [0.717, 1.165) is 79.0 Å². The largest absolute Gasteiger partial charge is 0.396 e. The Kier molecular flexibility index (Phi) is 11.8. The molecule has 1 unspecified atom stereocenters. The van der Waals surface area contributed by atoms with Gasteiger partial charge >= 0.3 is 6.03 Å². The van der Waals surface area contributed by atoms with Crippen LogP contribution in [0.5, 0.6) is 0 Å². The molecule has 12 nitrogen and oxygen atoms in total. The number of urea groups is 1. The summed E-state index contributed by atoms with van der Waals surface area (Å²) in [4.78, 5) is 35.5. The molecule has 54 heavy (non-hydrogen) atoms. The highest BCUT2D eigenvalue weighted by Crippen LogP contribution is 2.42. The summed E-state index contributed by atoms with van der Waals surface area (Å²) in [6.07, 6.45) is 14.0. The standard InChI is InChI=1S/C41H49ClN10O2/c1-27-7-5-16-44-38(27)36-9-4-10-37(52(36)20-19-51-24-33(43)23-48-51)39-30(8-6-17-45-39)12-11-29(3)54-34-25-50(26-34)41(53)47-22-32-14-13-31(21-28(32)2)35-15-18-46-40(42)49-35/h5-8,13-18,21,23-24,29,34,36-37H,4,9-12,19-20,22,25-26,43H2,1-3H3,(H,47,53)/t29?,36-,37+/m0/s1. The first-order valence-corrected chi connectivity index (χ1v) is 19.2. The van der Waals surface area contributed by atoms with E-state index < -0.39 is 0 Å². The Labute approximate surface area is 322 Å². The smallest absolute Gasteiger partial charge is 0.317 e. The van der Waals surface area contributed by atoms with Crippen molar-refractivity contribution in [3.8, 4) is 11.3 Å². The summed E-state index contributed by atoms with van der Waals surface area (Å²) in [5, 5.41) is 7.74. The Morgan fingerprint density at radius 3 is 2.48 bits per heavy atom. The molecule has 0 saturated carbocycles. The van der Waals surface area contributed by atoms with Crippen molar-refractivity contribution in [2.75, 3.05) is 25.4 Å². The average molecular weight is 749 g/mol. The van der Waals surface area contributed by atoms with Crippen molar-refractivity contribution < 1.29 is 9.53 Å². The molecule has 0 spiro atoms. The van der Waals surface area contributed by atoms with Crippen molar-refractivity contribution in [3.05, 3.63) is 118 Å². The van der Waals surface area contributed by atoms with E-state index in [1.807, 2.05) is 66.6 Å². The van der Waals surface area contributed by atoms with Gasteiger partial charge in [-0.1, -0.05) is 24.3 Å². The van der Waals surface area contributed by atoms with E-state index in [-0.39, 0.29) is 35.6 Å². The van der Waals surface area contributed by atoms with Crippen LogP contribution in [0.2, 0.25) is 5.28 Å². The van der Waals surface area contributed by atoms with Crippen LogP contribution in [0.4, 0.5) is 10.5 Å². The second-order valence-electron chi connectivity index (χ2n) is 14.5. The van der Waals surface area contributed by atoms with E-state index in [4.69, 9.17) is 32.0 Å². The molecule has 3 N–H and O–H groups in total. The first kappa shape index (κ1) is 37.4. The number of rotatable bonds is 13. The SMILES string of the molecule is Cc1cc(-c2ccnc(Cl)n2)ccc1CNC(=O)N1CC(OC(C)CCc2cccnc2[C@H]2CCC[C@@H](c3ncccc3C)N2CCn2cc(N)cn2)C1. The van der Waals surface area contributed by atoms with Gasteiger partial charge in [-0.05, 0) is 111 Å². The first-order valence-electron chi connectivity index (χ1n) is 18.9. The number of benzene rings is 1. The van der Waals surface area contributed by atoms with E-state index in [1.165, 1.54) is 11.1 Å². The van der Waals surface area contributed by atoms with Crippen molar-refractivity contribution in [1.82, 2.24) is 44.8 Å². The number of anilines is 1. The molecule has 2 aliphatic heterocycles. The molecular weight excluding hydrogens is 700 g/mol. The van der Waals surface area contributed by atoms with Crippen LogP contribution in [0.3, 0.4) is 0 Å². The number of hydrogen-bond acceptors (Lipinski definition) is 9. The number of likely N-dealkylation sites (tertiary alicyclic amines) is 2. The Bertz CT molecular complexity index is 2050. The van der Waals surface area contributed by atoms with E-state index in [9.17, 15) is 4.79 Å². The van der Waals surface area contributed by atoms with Gasteiger partial charge in [0.05, 0.1) is 72.9 Å². The fourth-order valence-corrected chi connectivity index (χ4v) is 7.91. The molecule has 1 aromatic carbocycles. The van der Waals surface area contributed by atoms with Gasteiger partial charge in [0.15, 0.2) is 0 Å². The van der Waals surface area contributed by atoms with Crippen LogP contribution in [0.1, 0.15) is 78.3 Å². The van der Waals surface area contributed by atoms with Crippen molar-refractivity contribution in [1.29, 1.82) is 0 Å². The Morgan fingerprint density at radius 1 is 0.963 bits per heavy atom. The van der Waals surface area contributed by atoms with E-state index >= 15 is 0 Å². The van der Waals surface area contributed by atoms with E-state index in [2.05, 4.69) is 51.3 Å². The molecule has 2 saturated heterocycles. The van der Waals surface area contributed by atoms with E-state index in [1.54, 1.807) is 17.3 Å². The predicted molar refractivity (Wildman–Crippen MR) is 210 cm³/mol. The van der Waals surface area contributed by atoms with E-state index in [0.29, 0.717) is 25.3 Å². The molecule has 13 heteroatoms. The lowest BCUT2D eigenvalue weighted by Crippen LogP contribution is -2.58. The third-order valence-corrected chi connectivity index (χ3v) is 10.9. The molecule has 2 amide bonds. The normalized spacial score (nSPS) is 18.3. The number of hydrogen-bond donors (Lipinski definition) is 2. The minimum atomic E-state index is -0.0826. The highest BCUT2D eigenvalue weighted by molar-refractivity contribution is 6.28. The lowest BCUT2D eigenvalue weighted by molar-refractivity contribution is -0.0727. The van der Waals surface area contributed by atoms with Gasteiger partial charge in [-0.15, -0.1) is 0 Å². The summed E-state index contributed by atoms with van der Waals surface area (Å²) in [5.41, 5.74) is 15.2. The number of nitrogens with zero attached hydrogens (tertiary/aromatic N) is 8. The maximum atomic E-state index is 13.0. The van der Waals surface area contributed by atoms with Crippen LogP contribution in [-0.2, 0) is 24.2 Å². The maximum Gasteiger partial charge on any atom is 0.317 e. The molecular formula is C41H49ClN10O2. The van der Waals surface area contributed by atoms with Gasteiger partial charge < -0.3 is 20.7 Å². The zero-order valence-corrected chi connectivity index (χ0v) is 32.0. The molecule has 5 aromatic rings. The minimum Gasteiger partial charge on any atom is -0.396 e. The number of nitrogens with one attached hydrogen (secondary N) is 1. The zero-order chi connectivity index (χ0) is 37.6. The summed E-state index contributed by atoms with van der Waals surface area (Å²) in [5.74, 6) is 0. The number of aryl methyl sites for hydroxylation is 3. The lowest BCUT2D eigenvalue weighted by atomic mass is 9.88. The summed E-state index contributed by atoms with van der Waals surface area (Å²) >= 11 is 5.97. The number of carbonyl (C=O) groups is 1. The third kappa shape index (κ3) is 8.89. The number of aromatic nitrogens is 6. The van der Waals surface area contributed by atoms with Gasteiger partial charge in [0.2, 0.25) is 5.28 Å². The van der Waals surface area contributed by atoms with Crippen LogP contribution in [-0.4, -0.2) is 77.4 Å². The maximum absolute atomic E-state index is 13.0. The number of ether oxygens (including phenoxy) is 1. The summed E-state index contributed by atoms with van der Waals surface area (Å²) in [6, 6.07) is 16.6. The Hall–Kier alpha value is -4.91. The van der Waals surface area contributed by atoms with Gasteiger partial charge in [-0.3, -0.25) is 19.5 Å². The van der Waals surface area contributed by atoms with Gasteiger partial charge in [0, 0.05) is 43.4 Å². The van der Waals surface area contributed by atoms with Gasteiger partial charge in [-0.2, -0.15) is 5.10 Å². The van der Waals surface area contributed by atoms with Crippen LogP contribution >= 0.6 is 11.6 Å². The molecule has 7 rings (SSSR count). The Morgan fingerprint density at radius 2 is 1.74 bits per heavy atom. The number of pyridine rings is 2. The van der Waals surface area contributed by atoms with Crippen molar-refractivity contribution in [2.24, 2.45) is 0 Å². The number of nitrogens with two attached hydrogens (primary N) is 1. The van der Waals surface area contributed by atoms with Crippen LogP contribution in [0, 0.1) is 13.8 Å². The number of piperidine rings is 1. The fraction of sp³-hybridized carbons (Fsp3) is 0.415. The van der Waals surface area contributed by atoms with Gasteiger partial charge in [-0.25, -0.2) is 14.8 Å². The molecule has 3 atom stereocenters. The van der Waals surface area contributed by atoms with Crippen LogP contribution in [0.15, 0.2) is 79.5 Å². The number of amides is 2. The summed E-state index contributed by atoms with van der Waals surface area (Å²) in [6.45, 7) is 9.44. The van der Waals surface area contributed by atoms with Crippen molar-refractivity contribution in [3.63, 3.8) is 0 Å². The Balaban J connectivity index is 0.923. The van der Waals surface area contributed by atoms with Crippen molar-refractivity contribution in [2.45, 2.75) is 90.3 Å². The highest BCUT2D eigenvalue weighted by atomic mass is 35.5. The van der Waals surface area contributed by atoms with Gasteiger partial charge in [0.1, 0.15) is 0 Å². The van der Waals surface area contributed by atoms with Gasteiger partial charge in [0.25, 0.3) is 0 Å². The lowest BCUT2D eigenvalue weighted by Gasteiger charge is -2.42. The molecule has 0 aliphatic carbocycles. The molecule has 0 radical (unpaired) electrons. The number of nitrogen functional groups attached to an aromatic ring is 1. The molecule has 6 heterocycles. The van der Waals surface area contributed by atoms with Crippen molar-refractivity contribution >= 4 is 23.3 Å².